The van der Waals surface area contributed by atoms with Gasteiger partial charge in [0.1, 0.15) is 6.54 Å². The number of nitrogens with two attached hydrogens (primary N) is 1. The first kappa shape index (κ1) is 17.5. The summed E-state index contributed by atoms with van der Waals surface area (Å²) in [6, 6.07) is 0. The van der Waals surface area contributed by atoms with E-state index >= 15 is 0 Å². The Morgan fingerprint density at radius 2 is 1.81 bits per heavy atom. The second-order valence-electron chi connectivity index (χ2n) is 4.40. The Bertz CT molecular complexity index is 240. The number of hydrogen-bond donors (Lipinski definition) is 1. The minimum atomic E-state index is -0.588. The van der Waals surface area contributed by atoms with Gasteiger partial charge >= 0.3 is 11.9 Å². The first-order valence-electron chi connectivity index (χ1n) is 4.62. The van der Waals surface area contributed by atoms with Gasteiger partial charge in [-0.1, -0.05) is 0 Å². The summed E-state index contributed by atoms with van der Waals surface area (Å²) in [6.45, 7) is 1.82. The van der Waals surface area contributed by atoms with Crippen molar-refractivity contribution in [3.63, 3.8) is 0 Å². The third kappa shape index (κ3) is 9.70. The number of esters is 1. The van der Waals surface area contributed by atoms with Gasteiger partial charge in [-0.2, -0.15) is 5.90 Å². The molecule has 0 aromatic carbocycles. The lowest BCUT2D eigenvalue weighted by Gasteiger charge is -2.28. The zero-order chi connectivity index (χ0) is 12.1. The fraction of sp³-hybridized carbons (Fsp3) is 0.778. The monoisotopic (exact) mass is 254 g/mol. The Balaban J connectivity index is 0. The van der Waals surface area contributed by atoms with Gasteiger partial charge in [-0.05, 0) is 0 Å². The van der Waals surface area contributed by atoms with Crippen molar-refractivity contribution in [2.75, 3.05) is 27.7 Å². The second kappa shape index (κ2) is 7.43. The van der Waals surface area contributed by atoms with Crippen LogP contribution in [0.5, 0.6) is 0 Å². The first-order valence-corrected chi connectivity index (χ1v) is 4.62. The molecule has 0 amide bonds. The minimum absolute atomic E-state index is 0. The number of nitrogens with zero attached hydrogens (tertiary/aromatic N) is 1. The highest BCUT2D eigenvalue weighted by atomic mass is 35.5. The fourth-order valence-electron chi connectivity index (χ4n) is 1.22. The van der Waals surface area contributed by atoms with E-state index in [4.69, 9.17) is 10.6 Å². The fourth-order valence-corrected chi connectivity index (χ4v) is 1.22. The number of carbonyl (C=O) groups is 2. The Morgan fingerprint density at radius 3 is 2.12 bits per heavy atom. The quantitative estimate of drug-likeness (QED) is 0.312. The van der Waals surface area contributed by atoms with Crippen LogP contribution >= 0.6 is 0 Å². The Hall–Kier alpha value is -0.850. The van der Waals surface area contributed by atoms with Gasteiger partial charge in [0.15, 0.2) is 6.10 Å². The van der Waals surface area contributed by atoms with Crippen molar-refractivity contribution < 1.29 is 36.1 Å². The second-order valence-corrected chi connectivity index (χ2v) is 4.40. The van der Waals surface area contributed by atoms with Crippen LogP contribution in [0.15, 0.2) is 0 Å². The largest absolute Gasteiger partial charge is 1.00 e. The summed E-state index contributed by atoms with van der Waals surface area (Å²) in [5.41, 5.74) is 0. The Kier molecular flexibility index (Phi) is 8.14. The summed E-state index contributed by atoms with van der Waals surface area (Å²) in [7, 11) is 5.80. The lowest BCUT2D eigenvalue weighted by Crippen LogP contribution is -3.00. The maximum absolute atomic E-state index is 10.9. The molecule has 0 fully saturated rings. The van der Waals surface area contributed by atoms with Gasteiger partial charge in [-0.15, -0.1) is 0 Å². The van der Waals surface area contributed by atoms with Gasteiger partial charge in [0.2, 0.25) is 0 Å². The summed E-state index contributed by atoms with van der Waals surface area (Å²) in [6.07, 6.45) is -0.524. The van der Waals surface area contributed by atoms with Gasteiger partial charge in [0, 0.05) is 6.92 Å². The van der Waals surface area contributed by atoms with Gasteiger partial charge in [0.25, 0.3) is 0 Å². The van der Waals surface area contributed by atoms with E-state index in [0.717, 1.165) is 0 Å². The van der Waals surface area contributed by atoms with Gasteiger partial charge in [-0.25, -0.2) is 0 Å². The third-order valence-corrected chi connectivity index (χ3v) is 1.61. The summed E-state index contributed by atoms with van der Waals surface area (Å²) >= 11 is 0. The molecule has 16 heavy (non-hydrogen) atoms. The molecule has 0 radical (unpaired) electrons. The van der Waals surface area contributed by atoms with Crippen molar-refractivity contribution in [2.45, 2.75) is 19.4 Å². The molecular formula is C9H19ClN2O4. The number of hydrogen-bond acceptors (Lipinski definition) is 5. The van der Waals surface area contributed by atoms with Crippen molar-refractivity contribution in [3.05, 3.63) is 0 Å². The van der Waals surface area contributed by atoms with Crippen molar-refractivity contribution in [3.8, 4) is 0 Å². The SMILES string of the molecule is CC(=O)OC(CC(=O)ON)C[N+](C)(C)C.[Cl-]. The zero-order valence-corrected chi connectivity index (χ0v) is 10.8. The number of ether oxygens (including phenoxy) is 1. The summed E-state index contributed by atoms with van der Waals surface area (Å²) in [5.74, 6) is 3.71. The Morgan fingerprint density at radius 1 is 1.31 bits per heavy atom. The normalized spacial score (nSPS) is 12.3. The van der Waals surface area contributed by atoms with Crippen LogP contribution in [0.3, 0.4) is 0 Å². The topological polar surface area (TPSA) is 78.6 Å². The third-order valence-electron chi connectivity index (χ3n) is 1.61. The smallest absolute Gasteiger partial charge is 0.328 e. The molecule has 96 valence electrons. The molecule has 0 saturated carbocycles. The van der Waals surface area contributed by atoms with Crippen LogP contribution in [0, 0.1) is 0 Å². The molecule has 0 aromatic rings. The highest BCUT2D eigenvalue weighted by Crippen LogP contribution is 2.05. The van der Waals surface area contributed by atoms with E-state index in [2.05, 4.69) is 4.84 Å². The van der Waals surface area contributed by atoms with Gasteiger partial charge in [0.05, 0.1) is 27.6 Å². The molecule has 0 aliphatic carbocycles. The van der Waals surface area contributed by atoms with E-state index < -0.39 is 18.0 Å². The molecule has 2 N–H and O–H groups in total. The van der Waals surface area contributed by atoms with E-state index in [-0.39, 0.29) is 18.8 Å². The molecule has 0 aromatic heterocycles. The average molecular weight is 255 g/mol. The first-order chi connectivity index (χ1) is 6.74. The Labute approximate surface area is 102 Å². The highest BCUT2D eigenvalue weighted by molar-refractivity contribution is 5.71. The standard InChI is InChI=1S/C9H19N2O4.ClH/c1-7(12)14-8(5-9(13)15-10)6-11(2,3)4;/h8H,5-6,10H2,1-4H3;1H/q+1;/p-1. The number of likely N-dealkylation sites (N-methyl/N-ethyl adjacent to an activating group) is 1. The van der Waals surface area contributed by atoms with Crippen molar-refractivity contribution in [1.82, 2.24) is 0 Å². The summed E-state index contributed by atoms with van der Waals surface area (Å²) < 4.78 is 5.57. The number of rotatable bonds is 5. The van der Waals surface area contributed by atoms with Crippen LogP contribution in [0.2, 0.25) is 0 Å². The number of quaternary nitrogens is 1. The molecule has 1 atom stereocenters. The van der Waals surface area contributed by atoms with E-state index in [1.165, 1.54) is 6.92 Å². The van der Waals surface area contributed by atoms with Crippen LogP contribution in [0.1, 0.15) is 13.3 Å². The average Bonchev–Trinajstić information content (AvgIpc) is 1.99. The van der Waals surface area contributed by atoms with E-state index in [1.54, 1.807) is 0 Å². The number of carbonyl (C=O) groups excluding carboxylic acids is 2. The van der Waals surface area contributed by atoms with Crippen LogP contribution < -0.4 is 18.3 Å². The van der Waals surface area contributed by atoms with Crippen LogP contribution in [-0.2, 0) is 19.2 Å². The molecule has 0 aliphatic heterocycles. The van der Waals surface area contributed by atoms with Gasteiger partial charge < -0.3 is 26.5 Å². The molecule has 0 saturated heterocycles. The molecule has 7 heteroatoms. The van der Waals surface area contributed by atoms with E-state index in [9.17, 15) is 9.59 Å². The minimum Gasteiger partial charge on any atom is -1.00 e. The molecule has 0 rings (SSSR count). The maximum atomic E-state index is 10.9. The molecule has 0 bridgehead atoms. The van der Waals surface area contributed by atoms with Crippen molar-refractivity contribution >= 4 is 11.9 Å². The maximum Gasteiger partial charge on any atom is 0.328 e. The molecular weight excluding hydrogens is 236 g/mol. The van der Waals surface area contributed by atoms with E-state index in [1.807, 2.05) is 21.1 Å². The predicted molar refractivity (Wildman–Crippen MR) is 53.3 cm³/mol. The summed E-state index contributed by atoms with van der Waals surface area (Å²) in [5, 5.41) is 0. The van der Waals surface area contributed by atoms with Crippen molar-refractivity contribution in [2.24, 2.45) is 5.90 Å². The lowest BCUT2D eigenvalue weighted by molar-refractivity contribution is -0.873. The number of halogens is 1. The van der Waals surface area contributed by atoms with Crippen LogP contribution in [0.25, 0.3) is 0 Å². The van der Waals surface area contributed by atoms with E-state index in [0.29, 0.717) is 11.0 Å². The van der Waals surface area contributed by atoms with Gasteiger partial charge in [-0.3, -0.25) is 9.59 Å². The summed E-state index contributed by atoms with van der Waals surface area (Å²) in [4.78, 5) is 25.8. The van der Waals surface area contributed by atoms with Crippen LogP contribution in [0.4, 0.5) is 0 Å². The molecule has 6 nitrogen and oxygen atoms in total. The zero-order valence-electron chi connectivity index (χ0n) is 10.0. The predicted octanol–water partition coefficient (Wildman–Crippen LogP) is -3.56. The highest BCUT2D eigenvalue weighted by Gasteiger charge is 2.24. The lowest BCUT2D eigenvalue weighted by atomic mass is 10.2. The molecule has 1 unspecified atom stereocenters. The molecule has 0 aliphatic rings. The van der Waals surface area contributed by atoms with Crippen molar-refractivity contribution in [1.29, 1.82) is 0 Å². The molecule has 0 heterocycles. The van der Waals surface area contributed by atoms with Crippen LogP contribution in [-0.4, -0.2) is 50.2 Å². The molecule has 0 spiro atoms.